The van der Waals surface area contributed by atoms with Gasteiger partial charge in [0, 0.05) is 0 Å². The van der Waals surface area contributed by atoms with Gasteiger partial charge in [-0.2, -0.15) is 0 Å². The summed E-state index contributed by atoms with van der Waals surface area (Å²) < 4.78 is 4.70. The summed E-state index contributed by atoms with van der Waals surface area (Å²) in [5, 5.41) is 0. The highest BCUT2D eigenvalue weighted by Gasteiger charge is 2.36. The van der Waals surface area contributed by atoms with Gasteiger partial charge in [0.25, 0.3) is 0 Å². The number of rotatable bonds is 5. The lowest BCUT2D eigenvalue weighted by atomic mass is 9.81. The maximum Gasteiger partial charge on any atom is 0.314 e. The topological polar surface area (TPSA) is 60.4 Å². The van der Waals surface area contributed by atoms with Gasteiger partial charge in [0.2, 0.25) is 0 Å². The van der Waals surface area contributed by atoms with Crippen molar-refractivity contribution in [3.8, 4) is 0 Å². The second-order valence-corrected chi connectivity index (χ2v) is 4.11. The molecule has 0 saturated carbocycles. The van der Waals surface area contributed by atoms with Crippen molar-refractivity contribution >= 4 is 17.5 Å². The van der Waals surface area contributed by atoms with Crippen molar-refractivity contribution in [2.75, 3.05) is 7.11 Å². The van der Waals surface area contributed by atoms with Crippen molar-refractivity contribution in [2.45, 2.75) is 19.8 Å². The predicted molar refractivity (Wildman–Crippen MR) is 66.1 cm³/mol. The molecule has 96 valence electrons. The molecule has 0 radical (unpaired) electrons. The molecule has 0 bridgehead atoms. The number of hydrogen-bond acceptors (Lipinski definition) is 4. The number of ether oxygens (including phenoxy) is 1. The highest BCUT2D eigenvalue weighted by Crippen LogP contribution is 2.27. The predicted octanol–water partition coefficient (Wildman–Crippen LogP) is 1.74. The molecule has 0 fully saturated rings. The fourth-order valence-electron chi connectivity index (χ4n) is 2.01. The number of esters is 1. The summed E-state index contributed by atoms with van der Waals surface area (Å²) in [6.45, 7) is 2.62. The van der Waals surface area contributed by atoms with E-state index in [2.05, 4.69) is 0 Å². The van der Waals surface area contributed by atoms with Gasteiger partial charge in [0.05, 0.1) is 18.9 Å². The molecule has 18 heavy (non-hydrogen) atoms. The SMILES string of the molecule is COC(=O)C(c1ccccc1)C(C(C)=O)C(C)=O. The van der Waals surface area contributed by atoms with Gasteiger partial charge in [0.1, 0.15) is 11.6 Å². The van der Waals surface area contributed by atoms with Crippen molar-refractivity contribution in [3.63, 3.8) is 0 Å². The van der Waals surface area contributed by atoms with Crippen molar-refractivity contribution in [1.82, 2.24) is 0 Å². The summed E-state index contributed by atoms with van der Waals surface area (Å²) in [5.41, 5.74) is 0.611. The Morgan fingerprint density at radius 1 is 1.00 bits per heavy atom. The van der Waals surface area contributed by atoms with E-state index in [1.165, 1.54) is 21.0 Å². The van der Waals surface area contributed by atoms with Crippen molar-refractivity contribution in [1.29, 1.82) is 0 Å². The number of carbonyl (C=O) groups excluding carboxylic acids is 3. The lowest BCUT2D eigenvalue weighted by Crippen LogP contribution is -2.32. The zero-order valence-corrected chi connectivity index (χ0v) is 10.7. The fraction of sp³-hybridized carbons (Fsp3) is 0.357. The van der Waals surface area contributed by atoms with Gasteiger partial charge >= 0.3 is 5.97 Å². The standard InChI is InChI=1S/C14H16O4/c1-9(15)12(10(2)16)13(14(17)18-3)11-7-5-4-6-8-11/h4-8,12-13H,1-3H3. The molecule has 0 spiro atoms. The molecule has 0 saturated heterocycles. The first-order valence-corrected chi connectivity index (χ1v) is 5.62. The molecule has 4 nitrogen and oxygen atoms in total. The second kappa shape index (κ2) is 6.10. The van der Waals surface area contributed by atoms with E-state index < -0.39 is 17.8 Å². The zero-order valence-electron chi connectivity index (χ0n) is 10.7. The molecule has 1 unspecified atom stereocenters. The average Bonchev–Trinajstić information content (AvgIpc) is 2.34. The van der Waals surface area contributed by atoms with Gasteiger partial charge in [-0.3, -0.25) is 14.4 Å². The third-order valence-electron chi connectivity index (χ3n) is 2.82. The Hall–Kier alpha value is -1.97. The minimum atomic E-state index is -0.986. The molecular weight excluding hydrogens is 232 g/mol. The summed E-state index contributed by atoms with van der Waals surface area (Å²) in [5.74, 6) is -3.09. The molecule has 0 heterocycles. The monoisotopic (exact) mass is 248 g/mol. The van der Waals surface area contributed by atoms with E-state index in [0.717, 1.165) is 0 Å². The van der Waals surface area contributed by atoms with Crippen LogP contribution in [-0.4, -0.2) is 24.6 Å². The minimum absolute atomic E-state index is 0.332. The highest BCUT2D eigenvalue weighted by atomic mass is 16.5. The van der Waals surface area contributed by atoms with Gasteiger partial charge in [-0.05, 0) is 19.4 Å². The second-order valence-electron chi connectivity index (χ2n) is 4.11. The Labute approximate surface area is 106 Å². The van der Waals surface area contributed by atoms with E-state index in [0.29, 0.717) is 5.56 Å². The van der Waals surface area contributed by atoms with Gasteiger partial charge < -0.3 is 4.74 Å². The summed E-state index contributed by atoms with van der Waals surface area (Å²) in [6, 6.07) is 8.72. The zero-order chi connectivity index (χ0) is 13.7. The largest absolute Gasteiger partial charge is 0.469 e. The number of ketones is 2. The minimum Gasteiger partial charge on any atom is -0.469 e. The van der Waals surface area contributed by atoms with E-state index in [1.807, 2.05) is 0 Å². The first-order chi connectivity index (χ1) is 8.49. The Morgan fingerprint density at radius 2 is 1.50 bits per heavy atom. The van der Waals surface area contributed by atoms with Crippen LogP contribution in [0.25, 0.3) is 0 Å². The Morgan fingerprint density at radius 3 is 1.89 bits per heavy atom. The smallest absolute Gasteiger partial charge is 0.314 e. The number of methoxy groups -OCH3 is 1. The maximum absolute atomic E-state index is 11.8. The van der Waals surface area contributed by atoms with Crippen LogP contribution >= 0.6 is 0 Å². The molecule has 0 aliphatic carbocycles. The molecule has 0 aliphatic heterocycles. The molecule has 1 atom stereocenters. The summed E-state index contributed by atoms with van der Waals surface area (Å²) in [4.78, 5) is 35.0. The van der Waals surface area contributed by atoms with Crippen LogP contribution in [0.1, 0.15) is 25.3 Å². The van der Waals surface area contributed by atoms with Crippen LogP contribution in [-0.2, 0) is 19.1 Å². The van der Waals surface area contributed by atoms with Crippen LogP contribution in [0.3, 0.4) is 0 Å². The Kier molecular flexibility index (Phi) is 4.77. The third kappa shape index (κ3) is 3.03. The number of benzene rings is 1. The molecule has 1 aromatic rings. The van der Waals surface area contributed by atoms with E-state index >= 15 is 0 Å². The van der Waals surface area contributed by atoms with Crippen LogP contribution in [0, 0.1) is 5.92 Å². The molecule has 0 N–H and O–H groups in total. The van der Waals surface area contributed by atoms with Gasteiger partial charge in [-0.25, -0.2) is 0 Å². The van der Waals surface area contributed by atoms with E-state index in [4.69, 9.17) is 4.74 Å². The van der Waals surface area contributed by atoms with Crippen molar-refractivity contribution < 1.29 is 19.1 Å². The van der Waals surface area contributed by atoms with Gasteiger partial charge in [-0.15, -0.1) is 0 Å². The first kappa shape index (κ1) is 14.1. The van der Waals surface area contributed by atoms with E-state index in [9.17, 15) is 14.4 Å². The van der Waals surface area contributed by atoms with Crippen molar-refractivity contribution in [3.05, 3.63) is 35.9 Å². The van der Waals surface area contributed by atoms with E-state index in [-0.39, 0.29) is 11.6 Å². The van der Waals surface area contributed by atoms with Crippen LogP contribution in [0.5, 0.6) is 0 Å². The lowest BCUT2D eigenvalue weighted by Gasteiger charge is -2.21. The molecule has 0 amide bonds. The van der Waals surface area contributed by atoms with Crippen LogP contribution in [0.2, 0.25) is 0 Å². The maximum atomic E-state index is 11.8. The molecule has 1 rings (SSSR count). The highest BCUT2D eigenvalue weighted by molar-refractivity contribution is 6.05. The van der Waals surface area contributed by atoms with E-state index in [1.54, 1.807) is 30.3 Å². The molecule has 4 heteroatoms. The average molecular weight is 248 g/mol. The summed E-state index contributed by atoms with van der Waals surface area (Å²) >= 11 is 0. The summed E-state index contributed by atoms with van der Waals surface area (Å²) in [7, 11) is 1.25. The molecule has 0 aromatic heterocycles. The Bertz CT molecular complexity index is 436. The first-order valence-electron chi connectivity index (χ1n) is 5.62. The summed E-state index contributed by atoms with van der Waals surface area (Å²) in [6.07, 6.45) is 0. The number of carbonyl (C=O) groups is 3. The molecule has 1 aromatic carbocycles. The van der Waals surface area contributed by atoms with Crippen LogP contribution in [0.15, 0.2) is 30.3 Å². The number of Topliss-reactive ketones (excluding diaryl/α,β-unsaturated/α-hetero) is 2. The molecule has 0 aliphatic rings. The third-order valence-corrected chi connectivity index (χ3v) is 2.82. The van der Waals surface area contributed by atoms with Crippen LogP contribution < -0.4 is 0 Å². The lowest BCUT2D eigenvalue weighted by molar-refractivity contribution is -0.148. The van der Waals surface area contributed by atoms with Crippen molar-refractivity contribution in [2.24, 2.45) is 5.92 Å². The fourth-order valence-corrected chi connectivity index (χ4v) is 2.01. The number of hydrogen-bond donors (Lipinski definition) is 0. The van der Waals surface area contributed by atoms with Crippen LogP contribution in [0.4, 0.5) is 0 Å². The molecular formula is C14H16O4. The normalized spacial score (nSPS) is 12.0. The quantitative estimate of drug-likeness (QED) is 0.588. The van der Waals surface area contributed by atoms with Gasteiger partial charge in [-0.1, -0.05) is 30.3 Å². The van der Waals surface area contributed by atoms with Gasteiger partial charge in [0.15, 0.2) is 0 Å². The Balaban J connectivity index is 3.25.